The number of aromatic nitrogens is 2. The molecule has 2 amide bonds. The highest BCUT2D eigenvalue weighted by molar-refractivity contribution is 5.87. The second-order valence-electron chi connectivity index (χ2n) is 3.77. The van der Waals surface area contributed by atoms with Crippen LogP contribution in [0.15, 0.2) is 25.0 Å². The number of amides is 2. The summed E-state index contributed by atoms with van der Waals surface area (Å²) >= 11 is 0. The first-order chi connectivity index (χ1) is 8.02. The zero-order valence-electron chi connectivity index (χ0n) is 9.72. The minimum absolute atomic E-state index is 0.203. The Morgan fingerprint density at radius 1 is 1.71 bits per heavy atom. The Labute approximate surface area is 99.5 Å². The summed E-state index contributed by atoms with van der Waals surface area (Å²) in [7, 11) is 1.79. The summed E-state index contributed by atoms with van der Waals surface area (Å²) < 4.78 is 1.65. The highest BCUT2D eigenvalue weighted by atomic mass is 16.2. The molecule has 0 saturated heterocycles. The lowest BCUT2D eigenvalue weighted by Gasteiger charge is -2.12. The fourth-order valence-corrected chi connectivity index (χ4v) is 1.43. The zero-order valence-corrected chi connectivity index (χ0v) is 9.72. The number of aryl methyl sites for hydroxylation is 1. The van der Waals surface area contributed by atoms with Crippen LogP contribution < -0.4 is 11.1 Å². The number of nitrogens with one attached hydrogen (secondary N) is 1. The molecule has 92 valence electrons. The van der Waals surface area contributed by atoms with Crippen molar-refractivity contribution in [2.45, 2.75) is 6.42 Å². The molecule has 0 aliphatic heterocycles. The molecule has 0 unspecified atom stereocenters. The number of nitrogens with two attached hydrogens (primary N) is 1. The lowest BCUT2D eigenvalue weighted by atomic mass is 10.0. The number of nitrogens with zero attached hydrogens (tertiary/aromatic N) is 2. The zero-order chi connectivity index (χ0) is 12.8. The Kier molecular flexibility index (Phi) is 4.45. The molecule has 0 saturated carbocycles. The van der Waals surface area contributed by atoms with Crippen molar-refractivity contribution in [2.24, 2.45) is 18.7 Å². The van der Waals surface area contributed by atoms with Crippen molar-refractivity contribution in [3.05, 3.63) is 30.6 Å². The Bertz CT molecular complexity index is 425. The molecular weight excluding hydrogens is 220 g/mol. The number of carbonyl (C=O) groups is 2. The van der Waals surface area contributed by atoms with E-state index in [9.17, 15) is 9.59 Å². The summed E-state index contributed by atoms with van der Waals surface area (Å²) in [6.45, 7) is 3.53. The summed E-state index contributed by atoms with van der Waals surface area (Å²) in [5.74, 6) is -1.20. The molecule has 0 spiro atoms. The predicted octanol–water partition coefficient (Wildman–Crippen LogP) is -0.634. The largest absolute Gasteiger partial charge is 0.369 e. The van der Waals surface area contributed by atoms with E-state index in [2.05, 4.69) is 17.0 Å². The highest BCUT2D eigenvalue weighted by Crippen LogP contribution is 2.06. The van der Waals surface area contributed by atoms with E-state index in [0.29, 0.717) is 6.42 Å². The van der Waals surface area contributed by atoms with Crippen molar-refractivity contribution in [3.8, 4) is 0 Å². The van der Waals surface area contributed by atoms with Gasteiger partial charge in [0.1, 0.15) is 0 Å². The van der Waals surface area contributed by atoms with Crippen molar-refractivity contribution in [1.82, 2.24) is 15.1 Å². The average molecular weight is 236 g/mol. The average Bonchev–Trinajstić information content (AvgIpc) is 2.69. The SMILES string of the molecule is C=CC(=O)NC[C@@H](Cc1cnn(C)c1)C(N)=O. The maximum atomic E-state index is 11.2. The van der Waals surface area contributed by atoms with E-state index in [4.69, 9.17) is 5.73 Å². The summed E-state index contributed by atoms with van der Waals surface area (Å²) in [4.78, 5) is 22.2. The molecule has 1 rings (SSSR count). The molecule has 6 heteroatoms. The molecule has 6 nitrogen and oxygen atoms in total. The molecule has 1 heterocycles. The van der Waals surface area contributed by atoms with Crippen molar-refractivity contribution in [3.63, 3.8) is 0 Å². The minimum atomic E-state index is -0.446. The number of carbonyl (C=O) groups excluding carboxylic acids is 2. The summed E-state index contributed by atoms with van der Waals surface area (Å²) in [5, 5.41) is 6.56. The number of hydrogen-bond acceptors (Lipinski definition) is 3. The van der Waals surface area contributed by atoms with E-state index < -0.39 is 11.8 Å². The maximum Gasteiger partial charge on any atom is 0.243 e. The van der Waals surface area contributed by atoms with E-state index in [-0.39, 0.29) is 12.5 Å². The standard InChI is InChI=1S/C11H16N4O2/c1-3-10(16)13-6-9(11(12)17)4-8-5-14-15(2)7-8/h3,5,7,9H,1,4,6H2,2H3,(H2,12,17)(H,13,16)/t9-/m1/s1. The monoisotopic (exact) mass is 236 g/mol. The van der Waals surface area contributed by atoms with Gasteiger partial charge in [-0.3, -0.25) is 14.3 Å². The van der Waals surface area contributed by atoms with Crippen LogP contribution in [0, 0.1) is 5.92 Å². The fourth-order valence-electron chi connectivity index (χ4n) is 1.43. The van der Waals surface area contributed by atoms with Crippen molar-refractivity contribution < 1.29 is 9.59 Å². The molecule has 0 bridgehead atoms. The third kappa shape index (κ3) is 4.10. The molecule has 17 heavy (non-hydrogen) atoms. The summed E-state index contributed by atoms with van der Waals surface area (Å²) in [6.07, 6.45) is 5.10. The molecule has 1 atom stereocenters. The summed E-state index contributed by atoms with van der Waals surface area (Å²) in [5.41, 5.74) is 6.18. The van der Waals surface area contributed by atoms with Crippen LogP contribution in [0.2, 0.25) is 0 Å². The minimum Gasteiger partial charge on any atom is -0.369 e. The molecule has 0 aliphatic carbocycles. The first-order valence-electron chi connectivity index (χ1n) is 5.20. The molecule has 1 aromatic rings. The van der Waals surface area contributed by atoms with E-state index >= 15 is 0 Å². The van der Waals surface area contributed by atoms with Gasteiger partial charge in [-0.15, -0.1) is 0 Å². The van der Waals surface area contributed by atoms with E-state index in [1.54, 1.807) is 17.9 Å². The van der Waals surface area contributed by atoms with Crippen LogP contribution in [0.5, 0.6) is 0 Å². The van der Waals surface area contributed by atoms with Gasteiger partial charge in [-0.25, -0.2) is 0 Å². The van der Waals surface area contributed by atoms with Crippen molar-refractivity contribution in [2.75, 3.05) is 6.54 Å². The van der Waals surface area contributed by atoms with Gasteiger partial charge in [0.15, 0.2) is 0 Å². The molecule has 1 aromatic heterocycles. The second kappa shape index (κ2) is 5.83. The molecule has 0 aromatic carbocycles. The quantitative estimate of drug-likeness (QED) is 0.644. The van der Waals surface area contributed by atoms with Crippen molar-refractivity contribution in [1.29, 1.82) is 0 Å². The van der Waals surface area contributed by atoms with Crippen LogP contribution in [0.4, 0.5) is 0 Å². The second-order valence-corrected chi connectivity index (χ2v) is 3.77. The van der Waals surface area contributed by atoms with Gasteiger partial charge in [-0.1, -0.05) is 6.58 Å². The molecule has 0 radical (unpaired) electrons. The van der Waals surface area contributed by atoms with Gasteiger partial charge in [0.25, 0.3) is 0 Å². The number of primary amides is 1. The van der Waals surface area contributed by atoms with Crippen LogP contribution >= 0.6 is 0 Å². The Morgan fingerprint density at radius 2 is 2.41 bits per heavy atom. The highest BCUT2D eigenvalue weighted by Gasteiger charge is 2.17. The Balaban J connectivity index is 2.57. The van der Waals surface area contributed by atoms with Crippen molar-refractivity contribution >= 4 is 11.8 Å². The first-order valence-corrected chi connectivity index (χ1v) is 5.20. The van der Waals surface area contributed by atoms with Crippen LogP contribution in [-0.2, 0) is 23.1 Å². The van der Waals surface area contributed by atoms with E-state index in [1.165, 1.54) is 0 Å². The van der Waals surface area contributed by atoms with Gasteiger partial charge in [0.05, 0.1) is 12.1 Å². The van der Waals surface area contributed by atoms with Gasteiger partial charge >= 0.3 is 0 Å². The Morgan fingerprint density at radius 3 is 2.88 bits per heavy atom. The Hall–Kier alpha value is -2.11. The third-order valence-corrected chi connectivity index (χ3v) is 2.35. The molecule has 0 aliphatic rings. The fraction of sp³-hybridized carbons (Fsp3) is 0.364. The predicted molar refractivity (Wildman–Crippen MR) is 62.8 cm³/mol. The molecule has 0 fully saturated rings. The topological polar surface area (TPSA) is 90.0 Å². The van der Waals surface area contributed by atoms with Crippen LogP contribution in [0.3, 0.4) is 0 Å². The normalized spacial score (nSPS) is 11.8. The van der Waals surface area contributed by atoms with Crippen LogP contribution in [0.25, 0.3) is 0 Å². The molecule has 3 N–H and O–H groups in total. The number of rotatable bonds is 6. The number of hydrogen-bond donors (Lipinski definition) is 2. The maximum absolute atomic E-state index is 11.2. The smallest absolute Gasteiger partial charge is 0.243 e. The third-order valence-electron chi connectivity index (χ3n) is 2.35. The van der Waals surface area contributed by atoms with Crippen LogP contribution in [0.1, 0.15) is 5.56 Å². The lowest BCUT2D eigenvalue weighted by Crippen LogP contribution is -2.36. The van der Waals surface area contributed by atoms with Gasteiger partial charge in [0, 0.05) is 19.8 Å². The lowest BCUT2D eigenvalue weighted by molar-refractivity contribution is -0.122. The first kappa shape index (κ1) is 13.0. The van der Waals surface area contributed by atoms with Gasteiger partial charge in [0.2, 0.25) is 11.8 Å². The van der Waals surface area contributed by atoms with E-state index in [0.717, 1.165) is 11.6 Å². The van der Waals surface area contributed by atoms with Gasteiger partial charge in [-0.05, 0) is 18.1 Å². The van der Waals surface area contributed by atoms with Crippen LogP contribution in [-0.4, -0.2) is 28.1 Å². The van der Waals surface area contributed by atoms with Gasteiger partial charge in [-0.2, -0.15) is 5.10 Å². The molecular formula is C11H16N4O2. The van der Waals surface area contributed by atoms with E-state index in [1.807, 2.05) is 6.20 Å². The summed E-state index contributed by atoms with van der Waals surface area (Å²) in [6, 6.07) is 0. The van der Waals surface area contributed by atoms with Gasteiger partial charge < -0.3 is 11.1 Å².